The highest BCUT2D eigenvalue weighted by molar-refractivity contribution is 7.13. The topological polar surface area (TPSA) is 90.3 Å². The standard InChI is InChI=1S/C17H18N4O2S/c1-10(2)11-3-5-12(6-4-11)13-7-14(22)16(15(23)8-13)19-21-17-20-18-9-24-17/h3-10,19,22-23H,1-2H3,(H,20,21). The Morgan fingerprint density at radius 1 is 0.958 bits per heavy atom. The van der Waals surface area contributed by atoms with Gasteiger partial charge in [-0.2, -0.15) is 0 Å². The van der Waals surface area contributed by atoms with Crippen LogP contribution in [-0.4, -0.2) is 20.4 Å². The summed E-state index contributed by atoms with van der Waals surface area (Å²) in [4.78, 5) is 0. The van der Waals surface area contributed by atoms with E-state index in [9.17, 15) is 10.2 Å². The maximum absolute atomic E-state index is 10.2. The lowest BCUT2D eigenvalue weighted by Crippen LogP contribution is -2.08. The van der Waals surface area contributed by atoms with Crippen molar-refractivity contribution in [1.29, 1.82) is 0 Å². The van der Waals surface area contributed by atoms with Crippen molar-refractivity contribution in [3.63, 3.8) is 0 Å². The molecule has 6 nitrogen and oxygen atoms in total. The number of aromatic nitrogens is 2. The van der Waals surface area contributed by atoms with E-state index in [1.165, 1.54) is 16.9 Å². The predicted molar refractivity (Wildman–Crippen MR) is 96.5 cm³/mol. The van der Waals surface area contributed by atoms with E-state index in [1.807, 2.05) is 12.1 Å². The number of nitrogens with one attached hydrogen (secondary N) is 2. The summed E-state index contributed by atoms with van der Waals surface area (Å²) in [6, 6.07) is 11.3. The first-order chi connectivity index (χ1) is 11.5. The summed E-state index contributed by atoms with van der Waals surface area (Å²) in [6.45, 7) is 4.27. The molecule has 0 aliphatic carbocycles. The fourth-order valence-corrected chi connectivity index (χ4v) is 2.71. The number of phenols is 2. The molecule has 1 aromatic heterocycles. The van der Waals surface area contributed by atoms with Crippen LogP contribution in [0, 0.1) is 0 Å². The molecule has 0 spiro atoms. The molecule has 0 amide bonds. The summed E-state index contributed by atoms with van der Waals surface area (Å²) in [5, 5.41) is 28.5. The lowest BCUT2D eigenvalue weighted by molar-refractivity contribution is 0.455. The summed E-state index contributed by atoms with van der Waals surface area (Å²) in [7, 11) is 0. The second kappa shape index (κ2) is 6.76. The van der Waals surface area contributed by atoms with E-state index in [4.69, 9.17) is 0 Å². The Morgan fingerprint density at radius 2 is 1.62 bits per heavy atom. The van der Waals surface area contributed by atoms with Gasteiger partial charge >= 0.3 is 0 Å². The second-order valence-electron chi connectivity index (χ2n) is 5.66. The summed E-state index contributed by atoms with van der Waals surface area (Å²) < 4.78 is 0. The quantitative estimate of drug-likeness (QED) is 0.411. The molecule has 0 saturated heterocycles. The van der Waals surface area contributed by atoms with E-state index in [1.54, 1.807) is 17.6 Å². The van der Waals surface area contributed by atoms with Gasteiger partial charge in [-0.3, -0.25) is 10.9 Å². The second-order valence-corrected chi connectivity index (χ2v) is 6.49. The Hall–Kier alpha value is -2.80. The van der Waals surface area contributed by atoms with E-state index in [0.717, 1.165) is 11.1 Å². The summed E-state index contributed by atoms with van der Waals surface area (Å²) in [6.07, 6.45) is 0. The number of hydrogen-bond donors (Lipinski definition) is 4. The monoisotopic (exact) mass is 342 g/mol. The molecule has 0 aliphatic rings. The molecule has 2 aromatic carbocycles. The van der Waals surface area contributed by atoms with Gasteiger partial charge in [-0.05, 0) is 34.7 Å². The maximum atomic E-state index is 10.2. The first-order valence-corrected chi connectivity index (χ1v) is 8.37. The predicted octanol–water partition coefficient (Wildman–Crippen LogP) is 4.18. The van der Waals surface area contributed by atoms with Gasteiger partial charge in [-0.15, -0.1) is 10.2 Å². The molecule has 1 heterocycles. The number of benzene rings is 2. The minimum absolute atomic E-state index is 0.0602. The number of aromatic hydroxyl groups is 2. The number of hydrogen-bond acceptors (Lipinski definition) is 7. The maximum Gasteiger partial charge on any atom is 0.223 e. The lowest BCUT2D eigenvalue weighted by Gasteiger charge is -2.13. The third-order valence-electron chi connectivity index (χ3n) is 3.66. The molecule has 124 valence electrons. The molecule has 0 aliphatic heterocycles. The van der Waals surface area contributed by atoms with Gasteiger partial charge in [0.1, 0.15) is 22.7 Å². The minimum Gasteiger partial charge on any atom is -0.506 e. The Morgan fingerprint density at radius 3 is 2.17 bits per heavy atom. The van der Waals surface area contributed by atoms with Gasteiger partial charge in [0.25, 0.3) is 0 Å². The largest absolute Gasteiger partial charge is 0.506 e. The van der Waals surface area contributed by atoms with E-state index in [-0.39, 0.29) is 17.2 Å². The fourth-order valence-electron chi connectivity index (χ4n) is 2.31. The van der Waals surface area contributed by atoms with Crippen LogP contribution in [0.5, 0.6) is 11.5 Å². The van der Waals surface area contributed by atoms with Gasteiger partial charge in [0.05, 0.1) is 0 Å². The first-order valence-electron chi connectivity index (χ1n) is 7.49. The van der Waals surface area contributed by atoms with Crippen LogP contribution in [-0.2, 0) is 0 Å². The number of phenolic OH excluding ortho intramolecular Hbond substituents is 2. The van der Waals surface area contributed by atoms with Crippen LogP contribution in [0.2, 0.25) is 0 Å². The van der Waals surface area contributed by atoms with Crippen molar-refractivity contribution in [2.75, 3.05) is 10.9 Å². The normalized spacial score (nSPS) is 10.8. The van der Waals surface area contributed by atoms with Crippen molar-refractivity contribution in [2.24, 2.45) is 0 Å². The molecule has 4 N–H and O–H groups in total. The average molecular weight is 342 g/mol. The lowest BCUT2D eigenvalue weighted by atomic mass is 9.98. The van der Waals surface area contributed by atoms with Gasteiger partial charge in [0, 0.05) is 0 Å². The SMILES string of the molecule is CC(C)c1ccc(-c2cc(O)c(NNc3nncs3)c(O)c2)cc1. The number of nitrogens with zero attached hydrogens (tertiary/aromatic N) is 2. The summed E-state index contributed by atoms with van der Waals surface area (Å²) in [5.74, 6) is 0.337. The Labute approximate surface area is 143 Å². The third-order valence-corrected chi connectivity index (χ3v) is 4.27. The van der Waals surface area contributed by atoms with E-state index < -0.39 is 0 Å². The first kappa shape index (κ1) is 16.1. The zero-order valence-corrected chi connectivity index (χ0v) is 14.1. The van der Waals surface area contributed by atoms with E-state index >= 15 is 0 Å². The van der Waals surface area contributed by atoms with Gasteiger partial charge in [0.2, 0.25) is 5.13 Å². The zero-order valence-electron chi connectivity index (χ0n) is 13.3. The molecule has 3 aromatic rings. The van der Waals surface area contributed by atoms with Crippen molar-refractivity contribution < 1.29 is 10.2 Å². The van der Waals surface area contributed by atoms with Crippen molar-refractivity contribution in [3.8, 4) is 22.6 Å². The molecule has 0 unspecified atom stereocenters. The highest BCUT2D eigenvalue weighted by atomic mass is 32.1. The van der Waals surface area contributed by atoms with Crippen LogP contribution in [0.25, 0.3) is 11.1 Å². The smallest absolute Gasteiger partial charge is 0.223 e. The van der Waals surface area contributed by atoms with Crippen molar-refractivity contribution >= 4 is 22.2 Å². The van der Waals surface area contributed by atoms with Gasteiger partial charge in [0.15, 0.2) is 0 Å². The molecule has 24 heavy (non-hydrogen) atoms. The van der Waals surface area contributed by atoms with Gasteiger partial charge < -0.3 is 10.2 Å². The van der Waals surface area contributed by atoms with Crippen LogP contribution in [0.4, 0.5) is 10.8 Å². The highest BCUT2D eigenvalue weighted by Gasteiger charge is 2.11. The average Bonchev–Trinajstić information content (AvgIpc) is 3.07. The molecular weight excluding hydrogens is 324 g/mol. The Kier molecular flexibility index (Phi) is 4.52. The summed E-state index contributed by atoms with van der Waals surface area (Å²) in [5.41, 5.74) is 10.2. The van der Waals surface area contributed by atoms with Gasteiger partial charge in [-0.25, -0.2) is 0 Å². The number of hydrazine groups is 1. The van der Waals surface area contributed by atoms with E-state index in [0.29, 0.717) is 11.0 Å². The molecule has 0 fully saturated rings. The van der Waals surface area contributed by atoms with Crippen LogP contribution in [0.3, 0.4) is 0 Å². The number of rotatable bonds is 5. The van der Waals surface area contributed by atoms with Crippen LogP contribution < -0.4 is 10.9 Å². The van der Waals surface area contributed by atoms with E-state index in [2.05, 4.69) is 47.0 Å². The number of anilines is 2. The molecule has 3 rings (SSSR count). The Balaban J connectivity index is 1.83. The van der Waals surface area contributed by atoms with Crippen molar-refractivity contribution in [3.05, 3.63) is 47.5 Å². The Bertz CT molecular complexity index is 794. The van der Waals surface area contributed by atoms with Crippen LogP contribution in [0.15, 0.2) is 41.9 Å². The fraction of sp³-hybridized carbons (Fsp3) is 0.176. The molecule has 0 bridgehead atoms. The minimum atomic E-state index is -0.0602. The molecule has 0 saturated carbocycles. The van der Waals surface area contributed by atoms with Crippen molar-refractivity contribution in [1.82, 2.24) is 10.2 Å². The molecule has 0 atom stereocenters. The zero-order chi connectivity index (χ0) is 17.1. The van der Waals surface area contributed by atoms with Crippen molar-refractivity contribution in [2.45, 2.75) is 19.8 Å². The van der Waals surface area contributed by atoms with Gasteiger partial charge in [-0.1, -0.05) is 49.4 Å². The van der Waals surface area contributed by atoms with Crippen LogP contribution in [0.1, 0.15) is 25.3 Å². The third kappa shape index (κ3) is 3.41. The molecular formula is C17H18N4O2S. The molecule has 0 radical (unpaired) electrons. The van der Waals surface area contributed by atoms with Crippen LogP contribution >= 0.6 is 11.3 Å². The highest BCUT2D eigenvalue weighted by Crippen LogP contribution is 2.38. The summed E-state index contributed by atoms with van der Waals surface area (Å²) >= 11 is 1.30. The molecule has 7 heteroatoms.